The summed E-state index contributed by atoms with van der Waals surface area (Å²) in [6.07, 6.45) is 15.0. The zero-order valence-electron chi connectivity index (χ0n) is 11.6. The SMILES string of the molecule is C1CC2CC[C-]1C2.C1CC2CC[C-]1C2.F[B-](F)(F)F.[Rh]. The van der Waals surface area contributed by atoms with Gasteiger partial charge in [-0.25, -0.2) is 0 Å². The molecule has 0 unspecified atom stereocenters. The molecule has 0 aromatic rings. The molecule has 0 heterocycles. The molecule has 6 heteroatoms. The van der Waals surface area contributed by atoms with Crippen LogP contribution in [-0.4, -0.2) is 7.25 Å². The van der Waals surface area contributed by atoms with Crippen LogP contribution in [0.25, 0.3) is 0 Å². The maximum absolute atomic E-state index is 9.75. The van der Waals surface area contributed by atoms with Crippen LogP contribution in [0.3, 0.4) is 0 Å². The Balaban J connectivity index is 0.000000150. The standard InChI is InChI=1S/2C7H11.BF4.Rh/c2*1-2-7-4-3-6(1)5-7;2-1(3,4)5;/h2*6H,1-5H2;;/q3*-1;. The Bertz CT molecular complexity index is 221. The fourth-order valence-corrected chi connectivity index (χ4v) is 3.80. The van der Waals surface area contributed by atoms with Gasteiger partial charge in [-0.3, -0.25) is 0 Å². The second-order valence-corrected chi connectivity index (χ2v) is 6.29. The summed E-state index contributed by atoms with van der Waals surface area (Å²) in [6.45, 7) is 0. The van der Waals surface area contributed by atoms with Gasteiger partial charge in [0.1, 0.15) is 0 Å². The van der Waals surface area contributed by atoms with Gasteiger partial charge in [0.15, 0.2) is 0 Å². The predicted molar refractivity (Wildman–Crippen MR) is 69.8 cm³/mol. The van der Waals surface area contributed by atoms with Crippen molar-refractivity contribution in [3.63, 3.8) is 0 Å². The number of halogens is 4. The van der Waals surface area contributed by atoms with Crippen molar-refractivity contribution in [3.05, 3.63) is 11.8 Å². The van der Waals surface area contributed by atoms with E-state index in [0.717, 1.165) is 11.8 Å². The molecular formula is C14H22BF4Rh-3. The Labute approximate surface area is 132 Å². The van der Waals surface area contributed by atoms with E-state index in [4.69, 9.17) is 0 Å². The van der Waals surface area contributed by atoms with Crippen LogP contribution in [0.4, 0.5) is 17.3 Å². The molecule has 0 aromatic carbocycles. The van der Waals surface area contributed by atoms with Crippen LogP contribution in [0.15, 0.2) is 0 Å². The first kappa shape index (κ1) is 18.5. The first-order valence-corrected chi connectivity index (χ1v) is 7.44. The van der Waals surface area contributed by atoms with Crippen molar-refractivity contribution in [1.29, 1.82) is 0 Å². The van der Waals surface area contributed by atoms with Crippen molar-refractivity contribution in [3.8, 4) is 0 Å². The van der Waals surface area contributed by atoms with Gasteiger partial charge in [0.05, 0.1) is 0 Å². The van der Waals surface area contributed by atoms with Gasteiger partial charge in [0, 0.05) is 19.5 Å². The van der Waals surface area contributed by atoms with Gasteiger partial charge in [0.25, 0.3) is 0 Å². The van der Waals surface area contributed by atoms with Crippen molar-refractivity contribution in [2.75, 3.05) is 0 Å². The van der Waals surface area contributed by atoms with Crippen LogP contribution < -0.4 is 0 Å². The maximum Gasteiger partial charge on any atom is 0.673 e. The summed E-state index contributed by atoms with van der Waals surface area (Å²) in [6, 6.07) is 0. The van der Waals surface area contributed by atoms with E-state index in [1.54, 1.807) is 0 Å². The van der Waals surface area contributed by atoms with Crippen LogP contribution >= 0.6 is 0 Å². The average Bonchev–Trinajstić information content (AvgIpc) is 3.10. The smallest absolute Gasteiger partial charge is 0.418 e. The Morgan fingerprint density at radius 2 is 0.900 bits per heavy atom. The minimum absolute atomic E-state index is 0. The van der Waals surface area contributed by atoms with E-state index in [1.165, 1.54) is 64.2 Å². The maximum atomic E-state index is 9.75. The van der Waals surface area contributed by atoms with Crippen molar-refractivity contribution in [2.45, 2.75) is 64.2 Å². The molecule has 0 N–H and O–H groups in total. The van der Waals surface area contributed by atoms with Gasteiger partial charge in [-0.05, 0) is 0 Å². The quantitative estimate of drug-likeness (QED) is 0.291. The normalized spacial score (nSPS) is 25.8. The van der Waals surface area contributed by atoms with Crippen molar-refractivity contribution in [1.82, 2.24) is 0 Å². The zero-order chi connectivity index (χ0) is 13.9. The van der Waals surface area contributed by atoms with Crippen LogP contribution in [0, 0.1) is 23.7 Å². The molecule has 4 aliphatic rings. The molecule has 4 saturated carbocycles. The van der Waals surface area contributed by atoms with Crippen LogP contribution in [0.5, 0.6) is 0 Å². The summed E-state index contributed by atoms with van der Waals surface area (Å²) in [5, 5.41) is 0. The summed E-state index contributed by atoms with van der Waals surface area (Å²) in [4.78, 5) is 0. The molecule has 121 valence electrons. The van der Waals surface area contributed by atoms with Gasteiger partial charge in [-0.15, -0.1) is 0 Å². The summed E-state index contributed by atoms with van der Waals surface area (Å²) in [5.41, 5.74) is 0. The molecule has 0 atom stereocenters. The molecule has 4 rings (SSSR count). The summed E-state index contributed by atoms with van der Waals surface area (Å²) in [5.74, 6) is 6.00. The van der Waals surface area contributed by atoms with Gasteiger partial charge >= 0.3 is 7.25 Å². The van der Waals surface area contributed by atoms with E-state index in [2.05, 4.69) is 0 Å². The van der Waals surface area contributed by atoms with Crippen LogP contribution in [-0.2, 0) is 19.5 Å². The molecule has 4 fully saturated rings. The third kappa shape index (κ3) is 6.91. The minimum Gasteiger partial charge on any atom is -0.418 e. The van der Waals surface area contributed by atoms with Gasteiger partial charge < -0.3 is 29.1 Å². The second kappa shape index (κ2) is 8.15. The van der Waals surface area contributed by atoms with E-state index in [-0.39, 0.29) is 19.5 Å². The van der Waals surface area contributed by atoms with Gasteiger partial charge in [-0.1, -0.05) is 37.5 Å². The molecular weight excluding hydrogens is 358 g/mol. The van der Waals surface area contributed by atoms with Crippen LogP contribution in [0.1, 0.15) is 64.2 Å². The average molecular weight is 380 g/mol. The monoisotopic (exact) mass is 380 g/mol. The second-order valence-electron chi connectivity index (χ2n) is 6.29. The third-order valence-corrected chi connectivity index (χ3v) is 4.78. The van der Waals surface area contributed by atoms with E-state index in [9.17, 15) is 17.3 Å². The summed E-state index contributed by atoms with van der Waals surface area (Å²) in [7, 11) is -6.00. The zero-order valence-corrected chi connectivity index (χ0v) is 13.3. The Kier molecular flexibility index (Phi) is 7.52. The fourth-order valence-electron chi connectivity index (χ4n) is 3.80. The molecule has 4 aliphatic carbocycles. The van der Waals surface area contributed by atoms with E-state index < -0.39 is 7.25 Å². The van der Waals surface area contributed by atoms with Gasteiger partial charge in [-0.2, -0.15) is 38.5 Å². The van der Waals surface area contributed by atoms with Gasteiger partial charge in [0.2, 0.25) is 0 Å². The molecule has 0 saturated heterocycles. The molecule has 1 radical (unpaired) electrons. The molecule has 4 bridgehead atoms. The number of rotatable bonds is 0. The summed E-state index contributed by atoms with van der Waals surface area (Å²) < 4.78 is 39.0. The van der Waals surface area contributed by atoms with E-state index >= 15 is 0 Å². The molecule has 0 spiro atoms. The Hall–Kier alpha value is 0.408. The molecule has 0 aromatic heterocycles. The van der Waals surface area contributed by atoms with Crippen molar-refractivity contribution in [2.24, 2.45) is 11.8 Å². The Morgan fingerprint density at radius 1 is 0.650 bits per heavy atom. The van der Waals surface area contributed by atoms with Crippen LogP contribution in [0.2, 0.25) is 0 Å². The van der Waals surface area contributed by atoms with Crippen molar-refractivity contribution >= 4 is 7.25 Å². The largest absolute Gasteiger partial charge is 0.673 e. The van der Waals surface area contributed by atoms with E-state index in [1.807, 2.05) is 11.8 Å². The summed E-state index contributed by atoms with van der Waals surface area (Å²) >= 11 is 0. The number of fused-ring (bicyclic) bond motifs is 4. The minimum atomic E-state index is -6.00. The first-order valence-electron chi connectivity index (χ1n) is 7.44. The number of hydrogen-bond donors (Lipinski definition) is 0. The molecule has 0 aliphatic heterocycles. The van der Waals surface area contributed by atoms with E-state index in [0.29, 0.717) is 0 Å². The molecule has 20 heavy (non-hydrogen) atoms. The number of hydrogen-bond acceptors (Lipinski definition) is 0. The predicted octanol–water partition coefficient (Wildman–Crippen LogP) is 5.61. The Morgan fingerprint density at radius 3 is 0.950 bits per heavy atom. The fraction of sp³-hybridized carbons (Fsp3) is 0.857. The molecule has 0 amide bonds. The third-order valence-electron chi connectivity index (χ3n) is 4.78. The topological polar surface area (TPSA) is 0 Å². The molecule has 0 nitrogen and oxygen atoms in total. The first-order chi connectivity index (χ1) is 8.90. The van der Waals surface area contributed by atoms with Crippen molar-refractivity contribution < 1.29 is 36.7 Å².